The fourth-order valence-electron chi connectivity index (χ4n) is 0.951. The minimum absolute atomic E-state index is 0.237. The van der Waals surface area contributed by atoms with E-state index < -0.39 is 10.7 Å². The van der Waals surface area contributed by atoms with Crippen LogP contribution < -0.4 is 5.32 Å². The van der Waals surface area contributed by atoms with Crippen LogP contribution in [0, 0.1) is 15.9 Å². The van der Waals surface area contributed by atoms with Crippen molar-refractivity contribution in [3.63, 3.8) is 0 Å². The van der Waals surface area contributed by atoms with Crippen LogP contribution >= 0.6 is 0 Å². The molecule has 0 bridgehead atoms. The number of anilines is 1. The molecule has 70 valence electrons. The summed E-state index contributed by atoms with van der Waals surface area (Å²) in [6.07, 6.45) is 0. The summed E-state index contributed by atoms with van der Waals surface area (Å²) in [4.78, 5) is 9.61. The molecule has 1 aromatic carbocycles. The van der Waals surface area contributed by atoms with Crippen LogP contribution in [0.4, 0.5) is 15.8 Å². The third-order valence-corrected chi connectivity index (χ3v) is 1.53. The lowest BCUT2D eigenvalue weighted by atomic mass is 10.2. The van der Waals surface area contributed by atoms with Gasteiger partial charge in [-0.3, -0.25) is 10.1 Å². The van der Waals surface area contributed by atoms with Gasteiger partial charge in [0.2, 0.25) is 0 Å². The lowest BCUT2D eigenvalue weighted by Crippen LogP contribution is -1.99. The van der Waals surface area contributed by atoms with E-state index in [2.05, 4.69) is 5.32 Å². The average molecular weight is 184 g/mol. The molecule has 0 aliphatic rings. The first-order valence-electron chi connectivity index (χ1n) is 3.83. The fraction of sp³-hybridized carbons (Fsp3) is 0.250. The lowest BCUT2D eigenvalue weighted by molar-refractivity contribution is -0.385. The molecule has 0 unspecified atom stereocenters. The topological polar surface area (TPSA) is 55.2 Å². The van der Waals surface area contributed by atoms with Crippen LogP contribution in [0.1, 0.15) is 6.92 Å². The Morgan fingerprint density at radius 1 is 1.62 bits per heavy atom. The molecule has 0 aliphatic carbocycles. The Balaban J connectivity index is 2.98. The average Bonchev–Trinajstić information content (AvgIpc) is 2.08. The van der Waals surface area contributed by atoms with Gasteiger partial charge in [0, 0.05) is 12.6 Å². The predicted octanol–water partition coefficient (Wildman–Crippen LogP) is 2.17. The molecule has 0 aromatic heterocycles. The molecule has 0 amide bonds. The van der Waals surface area contributed by atoms with Crippen LogP contribution in [0.15, 0.2) is 18.2 Å². The first-order chi connectivity index (χ1) is 6.15. The van der Waals surface area contributed by atoms with Crippen molar-refractivity contribution in [2.75, 3.05) is 11.9 Å². The first-order valence-corrected chi connectivity index (χ1v) is 3.83. The highest BCUT2D eigenvalue weighted by Crippen LogP contribution is 2.19. The van der Waals surface area contributed by atoms with Gasteiger partial charge in [0.25, 0.3) is 5.69 Å². The maximum atomic E-state index is 13.0. The van der Waals surface area contributed by atoms with Gasteiger partial charge < -0.3 is 5.32 Å². The molecule has 0 aliphatic heterocycles. The summed E-state index contributed by atoms with van der Waals surface area (Å²) < 4.78 is 13.0. The second-order valence-corrected chi connectivity index (χ2v) is 2.45. The number of nitrogens with zero attached hydrogens (tertiary/aromatic N) is 1. The number of non-ortho nitro benzene ring substituents is 1. The molecule has 0 heterocycles. The van der Waals surface area contributed by atoms with Gasteiger partial charge in [-0.05, 0) is 13.0 Å². The number of nitro benzene ring substituents is 1. The Kier molecular flexibility index (Phi) is 2.79. The van der Waals surface area contributed by atoms with Crippen LogP contribution in [0.5, 0.6) is 0 Å². The lowest BCUT2D eigenvalue weighted by Gasteiger charge is -2.03. The number of nitro groups is 1. The number of rotatable bonds is 3. The van der Waals surface area contributed by atoms with Crippen molar-refractivity contribution >= 4 is 11.4 Å². The Bertz CT molecular complexity index is 328. The SMILES string of the molecule is CCNc1ccc([N+](=O)[O-])cc1F. The molecule has 0 radical (unpaired) electrons. The summed E-state index contributed by atoms with van der Waals surface area (Å²) in [6.45, 7) is 2.40. The summed E-state index contributed by atoms with van der Waals surface area (Å²) in [7, 11) is 0. The molecule has 0 fully saturated rings. The van der Waals surface area contributed by atoms with Gasteiger partial charge in [-0.25, -0.2) is 4.39 Å². The maximum Gasteiger partial charge on any atom is 0.272 e. The van der Waals surface area contributed by atoms with Crippen molar-refractivity contribution in [3.8, 4) is 0 Å². The van der Waals surface area contributed by atoms with E-state index in [1.165, 1.54) is 12.1 Å². The van der Waals surface area contributed by atoms with Crippen molar-refractivity contribution in [3.05, 3.63) is 34.1 Å². The maximum absolute atomic E-state index is 13.0. The third kappa shape index (κ3) is 2.14. The van der Waals surface area contributed by atoms with Gasteiger partial charge in [-0.2, -0.15) is 0 Å². The first kappa shape index (κ1) is 9.44. The molecule has 1 rings (SSSR count). The van der Waals surface area contributed by atoms with E-state index in [1.807, 2.05) is 6.92 Å². The van der Waals surface area contributed by atoms with Gasteiger partial charge in [-0.15, -0.1) is 0 Å². The van der Waals surface area contributed by atoms with Crippen molar-refractivity contribution in [1.82, 2.24) is 0 Å². The van der Waals surface area contributed by atoms with Crippen LogP contribution in [0.3, 0.4) is 0 Å². The van der Waals surface area contributed by atoms with Crippen LogP contribution in [-0.2, 0) is 0 Å². The quantitative estimate of drug-likeness (QED) is 0.578. The second kappa shape index (κ2) is 3.84. The standard InChI is InChI=1S/C8H9FN2O2/c1-2-10-8-4-3-6(11(12)13)5-7(8)9/h3-5,10H,2H2,1H3. The van der Waals surface area contributed by atoms with Crippen molar-refractivity contribution < 1.29 is 9.31 Å². The summed E-state index contributed by atoms with van der Waals surface area (Å²) in [5.74, 6) is -0.601. The molecular weight excluding hydrogens is 175 g/mol. The van der Waals surface area contributed by atoms with Gasteiger partial charge in [0.1, 0.15) is 0 Å². The molecule has 0 saturated heterocycles. The van der Waals surface area contributed by atoms with Crippen LogP contribution in [0.2, 0.25) is 0 Å². The van der Waals surface area contributed by atoms with E-state index in [0.29, 0.717) is 6.54 Å². The van der Waals surface area contributed by atoms with Gasteiger partial charge in [-0.1, -0.05) is 0 Å². The molecule has 1 N–H and O–H groups in total. The summed E-state index contributed by atoms with van der Waals surface area (Å²) in [5, 5.41) is 13.0. The van der Waals surface area contributed by atoms with Crippen molar-refractivity contribution in [1.29, 1.82) is 0 Å². The highest BCUT2D eigenvalue weighted by Gasteiger charge is 2.09. The van der Waals surface area contributed by atoms with E-state index in [0.717, 1.165) is 6.07 Å². The fourth-order valence-corrected chi connectivity index (χ4v) is 0.951. The Hall–Kier alpha value is -1.65. The van der Waals surface area contributed by atoms with Crippen LogP contribution in [0.25, 0.3) is 0 Å². The minimum atomic E-state index is -0.626. The molecule has 0 saturated carbocycles. The second-order valence-electron chi connectivity index (χ2n) is 2.45. The Labute approximate surface area is 74.5 Å². The monoisotopic (exact) mass is 184 g/mol. The molecule has 5 heteroatoms. The minimum Gasteiger partial charge on any atom is -0.383 e. The predicted molar refractivity (Wildman–Crippen MR) is 47.2 cm³/mol. The van der Waals surface area contributed by atoms with Gasteiger partial charge in [0.15, 0.2) is 5.82 Å². The number of benzene rings is 1. The number of nitrogens with one attached hydrogen (secondary N) is 1. The normalized spacial score (nSPS) is 9.69. The molecule has 0 spiro atoms. The number of hydrogen-bond acceptors (Lipinski definition) is 3. The van der Waals surface area contributed by atoms with Crippen molar-refractivity contribution in [2.45, 2.75) is 6.92 Å². The number of hydrogen-bond donors (Lipinski definition) is 1. The summed E-state index contributed by atoms with van der Waals surface area (Å²) in [6, 6.07) is 3.52. The highest BCUT2D eigenvalue weighted by molar-refractivity contribution is 5.49. The van der Waals surface area contributed by atoms with E-state index in [4.69, 9.17) is 0 Å². The zero-order valence-corrected chi connectivity index (χ0v) is 7.08. The van der Waals surface area contributed by atoms with E-state index in [1.54, 1.807) is 0 Å². The molecule has 0 atom stereocenters. The Morgan fingerprint density at radius 2 is 2.31 bits per heavy atom. The van der Waals surface area contributed by atoms with Crippen molar-refractivity contribution in [2.24, 2.45) is 0 Å². The Morgan fingerprint density at radius 3 is 2.77 bits per heavy atom. The molecule has 13 heavy (non-hydrogen) atoms. The van der Waals surface area contributed by atoms with Gasteiger partial charge >= 0.3 is 0 Å². The molecular formula is C8H9FN2O2. The largest absolute Gasteiger partial charge is 0.383 e. The molecule has 4 nitrogen and oxygen atoms in total. The zero-order valence-electron chi connectivity index (χ0n) is 7.08. The van der Waals surface area contributed by atoms with E-state index >= 15 is 0 Å². The number of halogens is 1. The van der Waals surface area contributed by atoms with Crippen LogP contribution in [-0.4, -0.2) is 11.5 Å². The highest BCUT2D eigenvalue weighted by atomic mass is 19.1. The summed E-state index contributed by atoms with van der Waals surface area (Å²) >= 11 is 0. The zero-order chi connectivity index (χ0) is 9.84. The molecule has 1 aromatic rings. The smallest absolute Gasteiger partial charge is 0.272 e. The van der Waals surface area contributed by atoms with E-state index in [-0.39, 0.29) is 11.4 Å². The summed E-state index contributed by atoms with van der Waals surface area (Å²) in [5.41, 5.74) is 0.0484. The van der Waals surface area contributed by atoms with Gasteiger partial charge in [0.05, 0.1) is 16.7 Å². The van der Waals surface area contributed by atoms with E-state index in [9.17, 15) is 14.5 Å². The third-order valence-electron chi connectivity index (χ3n) is 1.53.